The maximum atomic E-state index is 12.7. The summed E-state index contributed by atoms with van der Waals surface area (Å²) in [6, 6.07) is 6.12. The number of nitrogens with one attached hydrogen (secondary N) is 1. The minimum absolute atomic E-state index is 0.0317. The Morgan fingerprint density at radius 3 is 2.38 bits per heavy atom. The highest BCUT2D eigenvalue weighted by atomic mass is 32.2. The second-order valence-electron chi connectivity index (χ2n) is 4.54. The van der Waals surface area contributed by atoms with Gasteiger partial charge in [0, 0.05) is 6.07 Å². The van der Waals surface area contributed by atoms with Crippen LogP contribution in [0.3, 0.4) is 0 Å². The molecule has 0 aliphatic rings. The van der Waals surface area contributed by atoms with Gasteiger partial charge in [0.1, 0.15) is 5.69 Å². The van der Waals surface area contributed by atoms with E-state index in [1.807, 2.05) is 0 Å². The molecule has 0 radical (unpaired) electrons. The molecule has 24 heavy (non-hydrogen) atoms. The van der Waals surface area contributed by atoms with E-state index in [-0.39, 0.29) is 17.4 Å². The summed E-state index contributed by atoms with van der Waals surface area (Å²) in [5.41, 5.74) is -1.10. The summed E-state index contributed by atoms with van der Waals surface area (Å²) >= 11 is 0. The molecule has 0 bridgehead atoms. The Morgan fingerprint density at radius 2 is 1.79 bits per heavy atom. The number of aromatic nitrogens is 1. The van der Waals surface area contributed by atoms with Crippen LogP contribution in [0.1, 0.15) is 5.56 Å². The number of hydrogen-bond acceptors (Lipinski definition) is 5. The number of rotatable bonds is 5. The first-order valence-corrected chi connectivity index (χ1v) is 7.95. The van der Waals surface area contributed by atoms with E-state index < -0.39 is 26.7 Å². The summed E-state index contributed by atoms with van der Waals surface area (Å²) in [5, 5.41) is 0. The number of pyridine rings is 1. The lowest BCUT2D eigenvalue weighted by atomic mass is 10.2. The first kappa shape index (κ1) is 17.9. The van der Waals surface area contributed by atoms with Crippen molar-refractivity contribution in [1.29, 1.82) is 0 Å². The minimum atomic E-state index is -4.65. The van der Waals surface area contributed by atoms with Gasteiger partial charge in [0.25, 0.3) is 10.0 Å². The first-order valence-electron chi connectivity index (χ1n) is 6.46. The second-order valence-corrected chi connectivity index (χ2v) is 6.22. The van der Waals surface area contributed by atoms with Crippen molar-refractivity contribution >= 4 is 15.7 Å². The van der Waals surface area contributed by atoms with E-state index >= 15 is 0 Å². The van der Waals surface area contributed by atoms with Gasteiger partial charge in [-0.25, -0.2) is 8.42 Å². The molecule has 1 aromatic carbocycles. The molecule has 2 aromatic rings. The molecule has 0 aliphatic carbocycles. The summed E-state index contributed by atoms with van der Waals surface area (Å²) in [5.74, 6) is 0.110. The maximum absolute atomic E-state index is 12.7. The van der Waals surface area contributed by atoms with Gasteiger partial charge in [-0.3, -0.25) is 4.72 Å². The van der Waals surface area contributed by atoms with Crippen LogP contribution >= 0.6 is 0 Å². The fourth-order valence-corrected chi connectivity index (χ4v) is 2.92. The molecule has 0 saturated heterocycles. The zero-order valence-corrected chi connectivity index (χ0v) is 13.4. The number of benzene rings is 1. The molecule has 0 aliphatic heterocycles. The van der Waals surface area contributed by atoms with E-state index in [4.69, 9.17) is 9.47 Å². The predicted molar refractivity (Wildman–Crippen MR) is 79.6 cm³/mol. The standard InChI is InChI=1S/C14H13F3N2O4S/c1-22-12-7-6-11(13(18-12)23-2)19-24(20,21)10-5-3-4-9(8-10)14(15,16)17/h3-8,19H,1-2H3. The summed E-state index contributed by atoms with van der Waals surface area (Å²) < 4.78 is 74.8. The van der Waals surface area contributed by atoms with Crippen molar-refractivity contribution in [1.82, 2.24) is 4.98 Å². The third kappa shape index (κ3) is 3.88. The van der Waals surface area contributed by atoms with Gasteiger partial charge < -0.3 is 9.47 Å². The molecule has 130 valence electrons. The Labute approximate surface area is 136 Å². The maximum Gasteiger partial charge on any atom is 0.416 e. The normalized spacial score (nSPS) is 11.9. The highest BCUT2D eigenvalue weighted by Gasteiger charge is 2.31. The van der Waals surface area contributed by atoms with E-state index in [9.17, 15) is 21.6 Å². The molecule has 0 atom stereocenters. The lowest BCUT2D eigenvalue weighted by molar-refractivity contribution is -0.137. The monoisotopic (exact) mass is 362 g/mol. The highest BCUT2D eigenvalue weighted by molar-refractivity contribution is 7.92. The molecule has 6 nitrogen and oxygen atoms in total. The van der Waals surface area contributed by atoms with E-state index in [1.165, 1.54) is 26.4 Å². The SMILES string of the molecule is COc1ccc(NS(=O)(=O)c2cccc(C(F)(F)F)c2)c(OC)n1. The Hall–Kier alpha value is -2.49. The van der Waals surface area contributed by atoms with Gasteiger partial charge in [0.05, 0.1) is 24.7 Å². The number of halogens is 3. The molecule has 1 aromatic heterocycles. The third-order valence-electron chi connectivity index (χ3n) is 2.95. The van der Waals surface area contributed by atoms with Crippen molar-refractivity contribution < 1.29 is 31.1 Å². The smallest absolute Gasteiger partial charge is 0.416 e. The number of anilines is 1. The number of hydrogen-bond donors (Lipinski definition) is 1. The van der Waals surface area contributed by atoms with E-state index in [0.717, 1.165) is 18.2 Å². The summed E-state index contributed by atoms with van der Waals surface area (Å²) in [7, 11) is -1.62. The summed E-state index contributed by atoms with van der Waals surface area (Å²) in [4.78, 5) is 3.36. The average molecular weight is 362 g/mol. The Bertz CT molecular complexity index is 838. The van der Waals surface area contributed by atoms with Crippen LogP contribution < -0.4 is 14.2 Å². The van der Waals surface area contributed by atoms with Crippen LogP contribution in [0.2, 0.25) is 0 Å². The number of nitrogens with zero attached hydrogens (tertiary/aromatic N) is 1. The van der Waals surface area contributed by atoms with Gasteiger partial charge in [-0.05, 0) is 24.3 Å². The average Bonchev–Trinajstić information content (AvgIpc) is 2.54. The van der Waals surface area contributed by atoms with Crippen molar-refractivity contribution in [3.8, 4) is 11.8 Å². The van der Waals surface area contributed by atoms with Crippen molar-refractivity contribution in [2.75, 3.05) is 18.9 Å². The topological polar surface area (TPSA) is 77.5 Å². The molecule has 0 spiro atoms. The molecule has 10 heteroatoms. The molecule has 1 heterocycles. The number of ether oxygens (including phenoxy) is 2. The van der Waals surface area contributed by atoms with E-state index in [2.05, 4.69) is 9.71 Å². The lowest BCUT2D eigenvalue weighted by Crippen LogP contribution is -2.15. The van der Waals surface area contributed by atoms with Crippen molar-refractivity contribution in [2.24, 2.45) is 0 Å². The van der Waals surface area contributed by atoms with Crippen molar-refractivity contribution in [3.63, 3.8) is 0 Å². The van der Waals surface area contributed by atoms with E-state index in [0.29, 0.717) is 6.07 Å². The predicted octanol–water partition coefficient (Wildman–Crippen LogP) is 2.92. The van der Waals surface area contributed by atoms with Gasteiger partial charge >= 0.3 is 6.18 Å². The number of alkyl halides is 3. The summed E-state index contributed by atoms with van der Waals surface area (Å²) in [6.45, 7) is 0. The van der Waals surface area contributed by atoms with Crippen LogP contribution in [-0.2, 0) is 16.2 Å². The Morgan fingerprint density at radius 1 is 1.08 bits per heavy atom. The minimum Gasteiger partial charge on any atom is -0.481 e. The van der Waals surface area contributed by atoms with Crippen molar-refractivity contribution in [3.05, 3.63) is 42.0 Å². The Kier molecular flexibility index (Phi) is 4.88. The second kappa shape index (κ2) is 6.56. The molecule has 0 fully saturated rings. The first-order chi connectivity index (χ1) is 11.2. The molecule has 0 amide bonds. The molecule has 2 rings (SSSR count). The zero-order valence-electron chi connectivity index (χ0n) is 12.6. The van der Waals surface area contributed by atoms with Gasteiger partial charge in [0.2, 0.25) is 11.8 Å². The van der Waals surface area contributed by atoms with Crippen LogP contribution in [-0.4, -0.2) is 27.6 Å². The largest absolute Gasteiger partial charge is 0.481 e. The van der Waals surface area contributed by atoms with Crippen LogP contribution in [0.25, 0.3) is 0 Å². The zero-order chi connectivity index (χ0) is 18.0. The van der Waals surface area contributed by atoms with Gasteiger partial charge in [-0.1, -0.05) is 6.07 Å². The molecule has 1 N–H and O–H groups in total. The number of sulfonamides is 1. The fraction of sp³-hybridized carbons (Fsp3) is 0.214. The summed E-state index contributed by atoms with van der Waals surface area (Å²) in [6.07, 6.45) is -4.65. The number of methoxy groups -OCH3 is 2. The lowest BCUT2D eigenvalue weighted by Gasteiger charge is -2.13. The molecular weight excluding hydrogens is 349 g/mol. The van der Waals surface area contributed by atoms with Gasteiger partial charge in [0.15, 0.2) is 0 Å². The molecule has 0 saturated carbocycles. The van der Waals surface area contributed by atoms with Gasteiger partial charge in [-0.2, -0.15) is 18.2 Å². The van der Waals surface area contributed by atoms with Crippen LogP contribution in [0.4, 0.5) is 18.9 Å². The third-order valence-corrected chi connectivity index (χ3v) is 4.32. The Balaban J connectivity index is 2.39. The quantitative estimate of drug-likeness (QED) is 0.885. The van der Waals surface area contributed by atoms with Crippen molar-refractivity contribution in [2.45, 2.75) is 11.1 Å². The molecule has 0 unspecified atom stereocenters. The fourth-order valence-electron chi connectivity index (χ4n) is 1.81. The van der Waals surface area contributed by atoms with Gasteiger partial charge in [-0.15, -0.1) is 0 Å². The molecular formula is C14H13F3N2O4S. The van der Waals surface area contributed by atoms with E-state index in [1.54, 1.807) is 0 Å². The van der Waals surface area contributed by atoms with Crippen LogP contribution in [0.5, 0.6) is 11.8 Å². The van der Waals surface area contributed by atoms with Crippen LogP contribution in [0.15, 0.2) is 41.3 Å². The van der Waals surface area contributed by atoms with Crippen LogP contribution in [0, 0.1) is 0 Å². The highest BCUT2D eigenvalue weighted by Crippen LogP contribution is 2.32.